The van der Waals surface area contributed by atoms with E-state index < -0.39 is 11.6 Å². The third-order valence-corrected chi connectivity index (χ3v) is 7.00. The zero-order valence-corrected chi connectivity index (χ0v) is 19.2. The number of aromatic nitrogens is 1. The number of aryl methyl sites for hydroxylation is 1. The third kappa shape index (κ3) is 3.13. The van der Waals surface area contributed by atoms with Crippen LogP contribution in [-0.2, 0) is 39.4 Å². The molecule has 2 aromatic carbocycles. The van der Waals surface area contributed by atoms with Crippen LogP contribution in [0, 0.1) is 0 Å². The molecule has 1 atom stereocenters. The highest BCUT2D eigenvalue weighted by Gasteiger charge is 2.47. The van der Waals surface area contributed by atoms with Crippen molar-refractivity contribution in [3.05, 3.63) is 62.9 Å². The molecular weight excluding hydrogens is 417 g/mol. The van der Waals surface area contributed by atoms with E-state index in [0.29, 0.717) is 30.4 Å². The molecule has 2 aliphatic heterocycles. The smallest absolute Gasteiger partial charge is 0.341 e. The van der Waals surface area contributed by atoms with Gasteiger partial charge in [-0.3, -0.25) is 4.79 Å². The first-order valence-corrected chi connectivity index (χ1v) is 11.7. The topological polar surface area (TPSA) is 77.8 Å². The van der Waals surface area contributed by atoms with Crippen molar-refractivity contribution in [2.75, 3.05) is 0 Å². The van der Waals surface area contributed by atoms with Gasteiger partial charge < -0.3 is 19.1 Å². The monoisotopic (exact) mass is 444 g/mol. The van der Waals surface area contributed by atoms with Gasteiger partial charge >= 0.3 is 5.97 Å². The number of carbonyl (C=O) groups excluding carboxylic acids is 1. The van der Waals surface area contributed by atoms with Crippen molar-refractivity contribution in [1.82, 2.24) is 4.57 Å². The zero-order valence-electron chi connectivity index (χ0n) is 19.2. The number of fused-ring (bicyclic) bond motifs is 5. The molecule has 1 aromatic heterocycles. The molecule has 0 saturated heterocycles. The number of carbonyl (C=O) groups is 1. The molecule has 1 N–H and O–H groups in total. The third-order valence-electron chi connectivity index (χ3n) is 7.00. The van der Waals surface area contributed by atoms with E-state index >= 15 is 0 Å². The second kappa shape index (κ2) is 8.06. The van der Waals surface area contributed by atoms with Gasteiger partial charge in [0.2, 0.25) is 0 Å². The molecule has 0 aliphatic carbocycles. The number of aromatic hydroxyl groups is 1. The van der Waals surface area contributed by atoms with Crippen molar-refractivity contribution < 1.29 is 19.3 Å². The molecular formula is C26H27BNO5. The Hall–Kier alpha value is -3.06. The standard InChI is InChI=1S/C26H27BNO5/c1-4-9-27-33-26(6-3)22-12-23-19-10-15-7-8-16(29)11-18(15)17(5-2)20(19)13-28(23)24(30)21(22)14-32-25(26)31/h7-8,10-12,29H,4-6,9,13-14H2,1-3H3/t26-/m0/s1. The Morgan fingerprint density at radius 2 is 1.97 bits per heavy atom. The van der Waals surface area contributed by atoms with Gasteiger partial charge in [-0.1, -0.05) is 39.6 Å². The first kappa shape index (κ1) is 21.8. The molecule has 3 aromatic rings. The van der Waals surface area contributed by atoms with Crippen molar-refractivity contribution in [2.45, 2.75) is 65.1 Å². The molecule has 0 saturated carbocycles. The summed E-state index contributed by atoms with van der Waals surface area (Å²) in [6.45, 7) is 6.42. The molecule has 6 nitrogen and oxygen atoms in total. The van der Waals surface area contributed by atoms with E-state index in [0.717, 1.165) is 46.0 Å². The molecule has 0 amide bonds. The number of hydrogen-bond donors (Lipinski definition) is 1. The Kier molecular flexibility index (Phi) is 5.32. The van der Waals surface area contributed by atoms with Crippen LogP contribution < -0.4 is 5.56 Å². The van der Waals surface area contributed by atoms with Crippen LogP contribution in [0.1, 0.15) is 55.9 Å². The van der Waals surface area contributed by atoms with Crippen LogP contribution in [0.15, 0.2) is 35.1 Å². The van der Waals surface area contributed by atoms with Crippen molar-refractivity contribution in [1.29, 1.82) is 0 Å². The number of phenolic OH excluding ortho intramolecular Hbond substituents is 1. The second-order valence-corrected chi connectivity index (χ2v) is 8.78. The molecule has 7 heteroatoms. The highest BCUT2D eigenvalue weighted by atomic mass is 16.6. The molecule has 1 radical (unpaired) electrons. The van der Waals surface area contributed by atoms with Gasteiger partial charge in [-0.2, -0.15) is 0 Å². The lowest BCUT2D eigenvalue weighted by molar-refractivity contribution is -0.168. The van der Waals surface area contributed by atoms with Gasteiger partial charge in [-0.15, -0.1) is 0 Å². The number of benzene rings is 2. The quantitative estimate of drug-likeness (QED) is 0.271. The minimum absolute atomic E-state index is 0.0427. The summed E-state index contributed by atoms with van der Waals surface area (Å²) < 4.78 is 13.3. The highest BCUT2D eigenvalue weighted by Crippen LogP contribution is 2.43. The lowest BCUT2D eigenvalue weighted by atomic mass is 9.82. The summed E-state index contributed by atoms with van der Waals surface area (Å²) in [5, 5.41) is 12.1. The van der Waals surface area contributed by atoms with E-state index in [1.165, 1.54) is 0 Å². The molecule has 0 bridgehead atoms. The van der Waals surface area contributed by atoms with E-state index in [1.807, 2.05) is 26.0 Å². The zero-order chi connectivity index (χ0) is 23.3. The molecule has 3 heterocycles. The number of cyclic esters (lactones) is 1. The van der Waals surface area contributed by atoms with E-state index in [4.69, 9.17) is 9.39 Å². The summed E-state index contributed by atoms with van der Waals surface area (Å²) in [6, 6.07) is 9.40. The maximum Gasteiger partial charge on any atom is 0.341 e. The summed E-state index contributed by atoms with van der Waals surface area (Å²) in [5.41, 5.74) is 3.65. The molecule has 5 rings (SSSR count). The van der Waals surface area contributed by atoms with Crippen LogP contribution >= 0.6 is 0 Å². The molecule has 33 heavy (non-hydrogen) atoms. The van der Waals surface area contributed by atoms with Gasteiger partial charge in [-0.05, 0) is 59.0 Å². The number of ether oxygens (including phenoxy) is 1. The number of esters is 1. The first-order chi connectivity index (χ1) is 15.9. The number of hydrogen-bond acceptors (Lipinski definition) is 5. The van der Waals surface area contributed by atoms with Crippen molar-refractivity contribution in [2.24, 2.45) is 0 Å². The average molecular weight is 444 g/mol. The van der Waals surface area contributed by atoms with E-state index in [1.54, 1.807) is 24.2 Å². The summed E-state index contributed by atoms with van der Waals surface area (Å²) in [6.07, 6.45) is 2.74. The van der Waals surface area contributed by atoms with Crippen molar-refractivity contribution in [3.63, 3.8) is 0 Å². The Balaban J connectivity index is 1.75. The molecule has 0 fully saturated rings. The fourth-order valence-corrected chi connectivity index (χ4v) is 5.25. The highest BCUT2D eigenvalue weighted by molar-refractivity contribution is 6.27. The molecule has 169 valence electrons. The number of nitrogens with zero attached hydrogens (tertiary/aromatic N) is 1. The van der Waals surface area contributed by atoms with Crippen LogP contribution in [-0.4, -0.2) is 23.1 Å². The van der Waals surface area contributed by atoms with Gasteiger partial charge in [0.05, 0.1) is 17.8 Å². The number of rotatable bonds is 6. The second-order valence-electron chi connectivity index (χ2n) is 8.78. The van der Waals surface area contributed by atoms with Crippen LogP contribution in [0.3, 0.4) is 0 Å². The van der Waals surface area contributed by atoms with Gasteiger partial charge in [0.1, 0.15) is 12.4 Å². The SMILES string of the molecule is CCC[B]O[C@]1(CC)C(=O)OCc2c1cc1n(c2=O)Cc2c-1cc1ccc(O)cc1c2CC. The lowest BCUT2D eigenvalue weighted by Gasteiger charge is -2.36. The summed E-state index contributed by atoms with van der Waals surface area (Å²) in [5.74, 6) is -0.222. The van der Waals surface area contributed by atoms with Crippen LogP contribution in [0.4, 0.5) is 0 Å². The predicted octanol–water partition coefficient (Wildman–Crippen LogP) is 4.42. The summed E-state index contributed by atoms with van der Waals surface area (Å²) in [7, 11) is 1.66. The van der Waals surface area contributed by atoms with Gasteiger partial charge in [0, 0.05) is 11.1 Å². The summed E-state index contributed by atoms with van der Waals surface area (Å²) in [4.78, 5) is 26.6. The minimum atomic E-state index is -1.31. The van der Waals surface area contributed by atoms with E-state index in [-0.39, 0.29) is 17.9 Å². The molecule has 2 aliphatic rings. The normalized spacial score (nSPS) is 18.6. The van der Waals surface area contributed by atoms with Gasteiger partial charge in [-0.25, -0.2) is 4.79 Å². The Morgan fingerprint density at radius 3 is 2.70 bits per heavy atom. The number of pyridine rings is 1. The lowest BCUT2D eigenvalue weighted by Crippen LogP contribution is -2.47. The van der Waals surface area contributed by atoms with Gasteiger partial charge in [0.15, 0.2) is 5.60 Å². The van der Waals surface area contributed by atoms with Gasteiger partial charge in [0.25, 0.3) is 13.0 Å². The van der Waals surface area contributed by atoms with Crippen molar-refractivity contribution in [3.8, 4) is 17.0 Å². The summed E-state index contributed by atoms with van der Waals surface area (Å²) >= 11 is 0. The Morgan fingerprint density at radius 1 is 1.15 bits per heavy atom. The maximum absolute atomic E-state index is 13.6. The maximum atomic E-state index is 13.6. The van der Waals surface area contributed by atoms with Crippen molar-refractivity contribution >= 4 is 24.2 Å². The minimum Gasteiger partial charge on any atom is -0.508 e. The van der Waals surface area contributed by atoms with E-state index in [9.17, 15) is 14.7 Å². The fraction of sp³-hybridized carbons (Fsp3) is 0.385. The van der Waals surface area contributed by atoms with E-state index in [2.05, 4.69) is 13.0 Å². The Bertz CT molecular complexity index is 1340. The molecule has 0 unspecified atom stereocenters. The predicted molar refractivity (Wildman–Crippen MR) is 127 cm³/mol. The Labute approximate surface area is 193 Å². The van der Waals surface area contributed by atoms with Crippen LogP contribution in [0.2, 0.25) is 6.32 Å². The van der Waals surface area contributed by atoms with Crippen LogP contribution in [0.25, 0.3) is 22.0 Å². The van der Waals surface area contributed by atoms with Crippen LogP contribution in [0.5, 0.6) is 5.75 Å². The first-order valence-electron chi connectivity index (χ1n) is 11.7. The largest absolute Gasteiger partial charge is 0.508 e. The fourth-order valence-electron chi connectivity index (χ4n) is 5.25. The molecule has 0 spiro atoms. The number of phenols is 1. The average Bonchev–Trinajstić information content (AvgIpc) is 3.18.